The minimum absolute atomic E-state index is 0.181. The van der Waals surface area contributed by atoms with Crippen molar-refractivity contribution in [2.45, 2.75) is 51.7 Å². The molecule has 24 heavy (non-hydrogen) atoms. The fourth-order valence-corrected chi connectivity index (χ4v) is 3.29. The number of hydrogen-bond donors (Lipinski definition) is 2. The van der Waals surface area contributed by atoms with Crippen LogP contribution in [0.3, 0.4) is 0 Å². The lowest BCUT2D eigenvalue weighted by Gasteiger charge is -2.30. The van der Waals surface area contributed by atoms with Crippen LogP contribution in [0.4, 0.5) is 0 Å². The van der Waals surface area contributed by atoms with Gasteiger partial charge in [-0.1, -0.05) is 38.0 Å². The maximum absolute atomic E-state index is 12.3. The molecule has 2 aromatic rings. The van der Waals surface area contributed by atoms with Crippen LogP contribution in [0.1, 0.15) is 50.0 Å². The Bertz CT molecular complexity index is 704. The molecular formula is C19H24N2O3. The number of fused-ring (bicyclic) bond motifs is 1. The summed E-state index contributed by atoms with van der Waals surface area (Å²) in [6, 6.07) is 9.55. The van der Waals surface area contributed by atoms with Crippen molar-refractivity contribution >= 4 is 22.8 Å². The van der Waals surface area contributed by atoms with Gasteiger partial charge in [0.1, 0.15) is 5.69 Å². The predicted octanol–water partition coefficient (Wildman–Crippen LogP) is 3.41. The number of esters is 1. The lowest BCUT2D eigenvalue weighted by Crippen LogP contribution is -2.46. The van der Waals surface area contributed by atoms with E-state index in [4.69, 9.17) is 4.74 Å². The van der Waals surface area contributed by atoms with Crippen molar-refractivity contribution in [3.8, 4) is 0 Å². The van der Waals surface area contributed by atoms with Gasteiger partial charge in [-0.3, -0.25) is 4.79 Å². The molecule has 1 fully saturated rings. The molecule has 5 nitrogen and oxygen atoms in total. The first kappa shape index (κ1) is 16.6. The van der Waals surface area contributed by atoms with Crippen LogP contribution in [-0.4, -0.2) is 29.0 Å². The van der Waals surface area contributed by atoms with Gasteiger partial charge in [0.05, 0.1) is 0 Å². The Hall–Kier alpha value is -2.30. The number of aromatic amines is 1. The third kappa shape index (κ3) is 3.61. The number of ether oxygens (including phenoxy) is 1. The molecule has 1 saturated carbocycles. The molecule has 2 N–H and O–H groups in total. The number of carbonyl (C=O) groups is 2. The molecule has 1 amide bonds. The first-order chi connectivity index (χ1) is 11.5. The Morgan fingerprint density at radius 2 is 2.00 bits per heavy atom. The molecule has 0 bridgehead atoms. The standard InChI is InChI=1S/C19H24N2O3/c1-12-7-3-5-9-15(12)21-18(22)13(2)24-19(23)17-11-14-8-4-6-10-16(14)20-17/h4,6,8,10-13,15,20H,3,5,7,9H2,1-2H3,(H,21,22). The average molecular weight is 328 g/mol. The fraction of sp³-hybridized carbons (Fsp3) is 0.474. The summed E-state index contributed by atoms with van der Waals surface area (Å²) in [5.41, 5.74) is 1.24. The molecule has 0 radical (unpaired) electrons. The molecule has 3 atom stereocenters. The minimum atomic E-state index is -0.807. The first-order valence-corrected chi connectivity index (χ1v) is 8.63. The fourth-order valence-electron chi connectivity index (χ4n) is 3.29. The Labute approximate surface area is 141 Å². The van der Waals surface area contributed by atoms with Crippen LogP contribution < -0.4 is 5.32 Å². The molecule has 0 spiro atoms. The average Bonchev–Trinajstić information content (AvgIpc) is 3.01. The number of aromatic nitrogens is 1. The molecule has 0 saturated heterocycles. The third-order valence-corrected chi connectivity index (χ3v) is 4.84. The molecule has 0 aliphatic heterocycles. The van der Waals surface area contributed by atoms with Crippen LogP contribution >= 0.6 is 0 Å². The van der Waals surface area contributed by atoms with Gasteiger partial charge in [-0.2, -0.15) is 0 Å². The zero-order valence-electron chi connectivity index (χ0n) is 14.2. The minimum Gasteiger partial charge on any atom is -0.448 e. The number of benzene rings is 1. The quantitative estimate of drug-likeness (QED) is 0.845. The van der Waals surface area contributed by atoms with Crippen LogP contribution in [0.5, 0.6) is 0 Å². The van der Waals surface area contributed by atoms with Gasteiger partial charge in [-0.25, -0.2) is 4.79 Å². The Morgan fingerprint density at radius 3 is 2.75 bits per heavy atom. The van der Waals surface area contributed by atoms with E-state index in [0.717, 1.165) is 30.2 Å². The summed E-state index contributed by atoms with van der Waals surface area (Å²) in [6.45, 7) is 3.77. The van der Waals surface area contributed by atoms with Crippen molar-refractivity contribution in [1.82, 2.24) is 10.3 Å². The van der Waals surface area contributed by atoms with Crippen molar-refractivity contribution in [2.75, 3.05) is 0 Å². The summed E-state index contributed by atoms with van der Waals surface area (Å²) >= 11 is 0. The molecule has 1 heterocycles. The summed E-state index contributed by atoms with van der Waals surface area (Å²) in [5.74, 6) is -0.261. The van der Waals surface area contributed by atoms with Gasteiger partial charge < -0.3 is 15.0 Å². The van der Waals surface area contributed by atoms with Gasteiger partial charge in [0.15, 0.2) is 6.10 Å². The van der Waals surface area contributed by atoms with E-state index in [1.165, 1.54) is 6.42 Å². The van der Waals surface area contributed by atoms with E-state index >= 15 is 0 Å². The van der Waals surface area contributed by atoms with Gasteiger partial charge in [0, 0.05) is 16.9 Å². The van der Waals surface area contributed by atoms with Crippen LogP contribution in [0.15, 0.2) is 30.3 Å². The second kappa shape index (κ2) is 7.07. The number of hydrogen-bond acceptors (Lipinski definition) is 3. The summed E-state index contributed by atoms with van der Waals surface area (Å²) in [4.78, 5) is 27.6. The zero-order chi connectivity index (χ0) is 17.1. The van der Waals surface area contributed by atoms with E-state index in [2.05, 4.69) is 17.2 Å². The molecule has 1 aromatic carbocycles. The van der Waals surface area contributed by atoms with E-state index in [9.17, 15) is 9.59 Å². The van der Waals surface area contributed by atoms with Crippen molar-refractivity contribution < 1.29 is 14.3 Å². The summed E-state index contributed by atoms with van der Waals surface area (Å²) < 4.78 is 5.32. The highest BCUT2D eigenvalue weighted by Gasteiger charge is 2.26. The van der Waals surface area contributed by atoms with E-state index < -0.39 is 12.1 Å². The number of nitrogens with one attached hydrogen (secondary N) is 2. The Morgan fingerprint density at radius 1 is 1.25 bits per heavy atom. The van der Waals surface area contributed by atoms with Gasteiger partial charge in [-0.05, 0) is 37.8 Å². The number of rotatable bonds is 4. The number of para-hydroxylation sites is 1. The van der Waals surface area contributed by atoms with E-state index in [0.29, 0.717) is 11.6 Å². The predicted molar refractivity (Wildman–Crippen MR) is 92.7 cm³/mol. The second-order valence-electron chi connectivity index (χ2n) is 6.69. The molecule has 3 unspecified atom stereocenters. The SMILES string of the molecule is CC(OC(=O)c1cc2ccccc2[nH]1)C(=O)NC1CCCCC1C. The van der Waals surface area contributed by atoms with Crippen LogP contribution in [0, 0.1) is 5.92 Å². The molecule has 1 aliphatic rings. The van der Waals surface area contributed by atoms with Crippen molar-refractivity contribution in [3.63, 3.8) is 0 Å². The van der Waals surface area contributed by atoms with Gasteiger partial charge in [-0.15, -0.1) is 0 Å². The van der Waals surface area contributed by atoms with Crippen LogP contribution in [0.25, 0.3) is 10.9 Å². The zero-order valence-corrected chi connectivity index (χ0v) is 14.2. The summed E-state index contributed by atoms with van der Waals surface area (Å²) in [5, 5.41) is 3.97. The highest BCUT2D eigenvalue weighted by Crippen LogP contribution is 2.24. The third-order valence-electron chi connectivity index (χ3n) is 4.84. The lowest BCUT2D eigenvalue weighted by atomic mass is 9.86. The number of carbonyl (C=O) groups excluding carboxylic acids is 2. The monoisotopic (exact) mass is 328 g/mol. The van der Waals surface area contributed by atoms with E-state index in [1.807, 2.05) is 24.3 Å². The smallest absolute Gasteiger partial charge is 0.355 e. The topological polar surface area (TPSA) is 71.2 Å². The van der Waals surface area contributed by atoms with Crippen molar-refractivity contribution in [1.29, 1.82) is 0 Å². The molecular weight excluding hydrogens is 304 g/mol. The Balaban J connectivity index is 1.59. The van der Waals surface area contributed by atoms with Crippen LogP contribution in [0.2, 0.25) is 0 Å². The molecule has 3 rings (SSSR count). The largest absolute Gasteiger partial charge is 0.448 e. The molecule has 5 heteroatoms. The van der Waals surface area contributed by atoms with Gasteiger partial charge in [0.2, 0.25) is 0 Å². The van der Waals surface area contributed by atoms with E-state index in [1.54, 1.807) is 13.0 Å². The van der Waals surface area contributed by atoms with Gasteiger partial charge >= 0.3 is 5.97 Å². The number of amides is 1. The highest BCUT2D eigenvalue weighted by atomic mass is 16.5. The summed E-state index contributed by atoms with van der Waals surface area (Å²) in [6.07, 6.45) is 3.68. The normalized spacial score (nSPS) is 22.1. The maximum Gasteiger partial charge on any atom is 0.355 e. The van der Waals surface area contributed by atoms with Crippen molar-refractivity contribution in [2.24, 2.45) is 5.92 Å². The van der Waals surface area contributed by atoms with Gasteiger partial charge in [0.25, 0.3) is 5.91 Å². The first-order valence-electron chi connectivity index (χ1n) is 8.63. The molecule has 128 valence electrons. The summed E-state index contributed by atoms with van der Waals surface area (Å²) in [7, 11) is 0. The lowest BCUT2D eigenvalue weighted by molar-refractivity contribution is -0.130. The van der Waals surface area contributed by atoms with E-state index in [-0.39, 0.29) is 11.9 Å². The molecule has 1 aromatic heterocycles. The highest BCUT2D eigenvalue weighted by molar-refractivity contribution is 5.96. The molecule has 1 aliphatic carbocycles. The Kier molecular flexibility index (Phi) is 4.88. The number of H-pyrrole nitrogens is 1. The van der Waals surface area contributed by atoms with Crippen LogP contribution in [-0.2, 0) is 9.53 Å². The second-order valence-corrected chi connectivity index (χ2v) is 6.69. The maximum atomic E-state index is 12.3. The van der Waals surface area contributed by atoms with Crippen molar-refractivity contribution in [3.05, 3.63) is 36.0 Å².